The first-order valence-electron chi connectivity index (χ1n) is 9.73. The van der Waals surface area contributed by atoms with Crippen molar-refractivity contribution >= 4 is 16.8 Å². The van der Waals surface area contributed by atoms with E-state index in [1.807, 2.05) is 37.3 Å². The van der Waals surface area contributed by atoms with Crippen molar-refractivity contribution in [2.75, 3.05) is 6.61 Å². The SMILES string of the molecule is CCOc1cc([C@@H]2NN=C(c3ccccc3)S2)ccc1OCc1ccc(C)cc1. The quantitative estimate of drug-likeness (QED) is 0.551. The monoisotopic (exact) mass is 404 g/mol. The Morgan fingerprint density at radius 2 is 1.72 bits per heavy atom. The second-order valence-electron chi connectivity index (χ2n) is 6.82. The van der Waals surface area contributed by atoms with Gasteiger partial charge in [-0.1, -0.05) is 78.0 Å². The predicted octanol–water partition coefficient (Wildman–Crippen LogP) is 5.67. The molecule has 1 aliphatic heterocycles. The van der Waals surface area contributed by atoms with Crippen molar-refractivity contribution in [3.63, 3.8) is 0 Å². The van der Waals surface area contributed by atoms with Gasteiger partial charge in [-0.3, -0.25) is 5.43 Å². The van der Waals surface area contributed by atoms with Gasteiger partial charge in [-0.05, 0) is 37.1 Å². The van der Waals surface area contributed by atoms with Crippen LogP contribution in [-0.4, -0.2) is 11.7 Å². The summed E-state index contributed by atoms with van der Waals surface area (Å²) in [5.41, 5.74) is 7.83. The fourth-order valence-electron chi connectivity index (χ4n) is 3.06. The lowest BCUT2D eigenvalue weighted by Crippen LogP contribution is -2.07. The van der Waals surface area contributed by atoms with E-state index < -0.39 is 0 Å². The van der Waals surface area contributed by atoms with Gasteiger partial charge in [0.05, 0.1) is 6.61 Å². The van der Waals surface area contributed by atoms with Gasteiger partial charge in [0.2, 0.25) is 0 Å². The van der Waals surface area contributed by atoms with Gasteiger partial charge in [-0.15, -0.1) is 0 Å². The molecule has 0 amide bonds. The first kappa shape index (κ1) is 19.4. The van der Waals surface area contributed by atoms with E-state index in [1.165, 1.54) is 5.56 Å². The van der Waals surface area contributed by atoms with Crippen LogP contribution in [-0.2, 0) is 6.61 Å². The Morgan fingerprint density at radius 3 is 2.48 bits per heavy atom. The molecule has 4 rings (SSSR count). The molecule has 3 aromatic rings. The van der Waals surface area contributed by atoms with Crippen LogP contribution < -0.4 is 14.9 Å². The number of hydrogen-bond acceptors (Lipinski definition) is 5. The molecule has 0 saturated heterocycles. The van der Waals surface area contributed by atoms with Gasteiger partial charge in [0.15, 0.2) is 11.5 Å². The minimum atomic E-state index is 0.0514. The summed E-state index contributed by atoms with van der Waals surface area (Å²) in [4.78, 5) is 0. The molecule has 148 valence electrons. The molecule has 0 radical (unpaired) electrons. The van der Waals surface area contributed by atoms with Crippen LogP contribution in [0.2, 0.25) is 0 Å². The third-order valence-electron chi connectivity index (χ3n) is 4.62. The Labute approximate surface area is 175 Å². The lowest BCUT2D eigenvalue weighted by Gasteiger charge is -2.16. The average molecular weight is 405 g/mol. The molecule has 0 aliphatic carbocycles. The van der Waals surface area contributed by atoms with Gasteiger partial charge >= 0.3 is 0 Å². The third kappa shape index (κ3) is 4.74. The van der Waals surface area contributed by atoms with Crippen LogP contribution in [0.15, 0.2) is 77.9 Å². The lowest BCUT2D eigenvalue weighted by atomic mass is 10.1. The number of nitrogens with one attached hydrogen (secondary N) is 1. The molecule has 4 nitrogen and oxygen atoms in total. The van der Waals surface area contributed by atoms with Crippen molar-refractivity contribution in [3.05, 3.63) is 95.1 Å². The topological polar surface area (TPSA) is 42.8 Å². The number of thioether (sulfide) groups is 1. The molecule has 0 fully saturated rings. The van der Waals surface area contributed by atoms with Crippen LogP contribution in [0.1, 0.15) is 34.6 Å². The maximum Gasteiger partial charge on any atom is 0.161 e. The summed E-state index contributed by atoms with van der Waals surface area (Å²) >= 11 is 1.70. The van der Waals surface area contributed by atoms with E-state index in [4.69, 9.17) is 9.47 Å². The minimum absolute atomic E-state index is 0.0514. The number of hydrazone groups is 1. The van der Waals surface area contributed by atoms with E-state index in [-0.39, 0.29) is 5.37 Å². The van der Waals surface area contributed by atoms with Crippen molar-refractivity contribution in [2.24, 2.45) is 5.10 Å². The second kappa shape index (κ2) is 9.05. The molecule has 1 aliphatic rings. The first-order chi connectivity index (χ1) is 14.2. The van der Waals surface area contributed by atoms with E-state index in [1.54, 1.807) is 11.8 Å². The average Bonchev–Trinajstić information content (AvgIpc) is 3.25. The van der Waals surface area contributed by atoms with Gasteiger partial charge < -0.3 is 9.47 Å². The first-order valence-corrected chi connectivity index (χ1v) is 10.6. The number of ether oxygens (including phenoxy) is 2. The maximum atomic E-state index is 6.04. The zero-order valence-electron chi connectivity index (χ0n) is 16.6. The minimum Gasteiger partial charge on any atom is -0.490 e. The molecule has 0 aromatic heterocycles. The third-order valence-corrected chi connectivity index (χ3v) is 5.78. The van der Waals surface area contributed by atoms with Crippen molar-refractivity contribution in [1.82, 2.24) is 5.43 Å². The molecule has 0 saturated carbocycles. The molecular formula is C24H24N2O2S. The van der Waals surface area contributed by atoms with Gasteiger partial charge in [0.25, 0.3) is 0 Å². The lowest BCUT2D eigenvalue weighted by molar-refractivity contribution is 0.269. The number of nitrogens with zero attached hydrogens (tertiary/aromatic N) is 1. The molecule has 1 atom stereocenters. The highest BCUT2D eigenvalue weighted by atomic mass is 32.2. The van der Waals surface area contributed by atoms with Gasteiger partial charge in [0, 0.05) is 5.56 Å². The molecule has 0 unspecified atom stereocenters. The maximum absolute atomic E-state index is 6.04. The van der Waals surface area contributed by atoms with E-state index in [0.717, 1.165) is 33.2 Å². The Kier molecular flexibility index (Phi) is 6.06. The zero-order chi connectivity index (χ0) is 20.1. The molecule has 5 heteroatoms. The van der Waals surface area contributed by atoms with Crippen molar-refractivity contribution in [3.8, 4) is 11.5 Å². The standard InChI is InChI=1S/C24H24N2O2S/c1-3-27-22-15-20(24-26-25-23(29-24)19-7-5-4-6-8-19)13-14-21(22)28-16-18-11-9-17(2)10-12-18/h4-15,24,26H,3,16H2,1-2H3/t24-/m1/s1. The van der Waals surface area contributed by atoms with E-state index in [0.29, 0.717) is 13.2 Å². The highest BCUT2D eigenvalue weighted by Gasteiger charge is 2.23. The Bertz CT molecular complexity index is 988. The summed E-state index contributed by atoms with van der Waals surface area (Å²) in [6.45, 7) is 5.16. The smallest absolute Gasteiger partial charge is 0.161 e. The van der Waals surface area contributed by atoms with Crippen LogP contribution in [0.3, 0.4) is 0 Å². The highest BCUT2D eigenvalue weighted by molar-refractivity contribution is 8.14. The van der Waals surface area contributed by atoms with Crippen LogP contribution in [0.5, 0.6) is 11.5 Å². The normalized spacial score (nSPS) is 15.5. The summed E-state index contributed by atoms with van der Waals surface area (Å²) < 4.78 is 11.9. The van der Waals surface area contributed by atoms with Gasteiger partial charge in [-0.25, -0.2) is 0 Å². The molecule has 1 N–H and O–H groups in total. The van der Waals surface area contributed by atoms with Crippen LogP contribution in [0.4, 0.5) is 0 Å². The molecule has 1 heterocycles. The number of aryl methyl sites for hydroxylation is 1. The summed E-state index contributed by atoms with van der Waals surface area (Å²) in [7, 11) is 0. The summed E-state index contributed by atoms with van der Waals surface area (Å²) in [6.07, 6.45) is 0. The van der Waals surface area contributed by atoms with E-state index >= 15 is 0 Å². The van der Waals surface area contributed by atoms with Crippen LogP contribution in [0, 0.1) is 6.92 Å². The molecule has 3 aromatic carbocycles. The Hall–Kier alpha value is -2.92. The van der Waals surface area contributed by atoms with Gasteiger partial charge in [0.1, 0.15) is 17.0 Å². The summed E-state index contributed by atoms with van der Waals surface area (Å²) in [5, 5.41) is 5.55. The fourth-order valence-corrected chi connectivity index (χ4v) is 4.05. The number of rotatable bonds is 7. The number of benzene rings is 3. The Balaban J connectivity index is 1.47. The van der Waals surface area contributed by atoms with Gasteiger partial charge in [-0.2, -0.15) is 5.10 Å². The summed E-state index contributed by atoms with van der Waals surface area (Å²) in [5.74, 6) is 1.51. The molecule has 29 heavy (non-hydrogen) atoms. The van der Waals surface area contributed by atoms with Crippen LogP contribution in [0.25, 0.3) is 0 Å². The fraction of sp³-hybridized carbons (Fsp3) is 0.208. The van der Waals surface area contributed by atoms with E-state index in [9.17, 15) is 0 Å². The largest absolute Gasteiger partial charge is 0.490 e. The van der Waals surface area contributed by atoms with E-state index in [2.05, 4.69) is 59.9 Å². The predicted molar refractivity (Wildman–Crippen MR) is 120 cm³/mol. The van der Waals surface area contributed by atoms with Crippen molar-refractivity contribution < 1.29 is 9.47 Å². The van der Waals surface area contributed by atoms with Crippen molar-refractivity contribution in [2.45, 2.75) is 25.8 Å². The summed E-state index contributed by atoms with van der Waals surface area (Å²) in [6, 6.07) is 24.7. The van der Waals surface area contributed by atoms with Crippen molar-refractivity contribution in [1.29, 1.82) is 0 Å². The molecule has 0 bridgehead atoms. The highest BCUT2D eigenvalue weighted by Crippen LogP contribution is 2.38. The second-order valence-corrected chi connectivity index (χ2v) is 7.92. The zero-order valence-corrected chi connectivity index (χ0v) is 17.4. The van der Waals surface area contributed by atoms with Crippen LogP contribution >= 0.6 is 11.8 Å². The Morgan fingerprint density at radius 1 is 0.931 bits per heavy atom. The molecular weight excluding hydrogens is 380 g/mol. The molecule has 0 spiro atoms. The number of hydrogen-bond donors (Lipinski definition) is 1.